The van der Waals surface area contributed by atoms with E-state index in [2.05, 4.69) is 41.1 Å². The molecule has 3 heteroatoms. The lowest BCUT2D eigenvalue weighted by Crippen LogP contribution is -2.36. The first-order valence-electron chi connectivity index (χ1n) is 5.13. The molecule has 1 aliphatic heterocycles. The largest absolute Gasteiger partial charge is 0.337 e. The molecule has 80 valence electrons. The third-order valence-electron chi connectivity index (χ3n) is 2.84. The highest BCUT2D eigenvalue weighted by atomic mass is 79.9. The van der Waals surface area contributed by atoms with E-state index in [1.807, 2.05) is 4.90 Å². The van der Waals surface area contributed by atoms with Crippen LogP contribution in [0.2, 0.25) is 0 Å². The number of aryl methyl sites for hydroxylation is 1. The highest BCUT2D eigenvalue weighted by Gasteiger charge is 2.19. The number of hydrogen-bond acceptors (Lipinski definition) is 1. The molecule has 0 saturated heterocycles. The zero-order valence-corrected chi connectivity index (χ0v) is 10.4. The molecule has 0 spiro atoms. The molecule has 0 unspecified atom stereocenters. The van der Waals surface area contributed by atoms with Gasteiger partial charge in [-0.3, -0.25) is 4.79 Å². The first-order chi connectivity index (χ1) is 7.20. The molecule has 1 aromatic carbocycles. The first kappa shape index (κ1) is 10.7. The van der Waals surface area contributed by atoms with Crippen LogP contribution in [-0.4, -0.2) is 22.7 Å². The van der Waals surface area contributed by atoms with Crippen LogP contribution in [0.25, 0.3) is 0 Å². The number of benzene rings is 1. The quantitative estimate of drug-likeness (QED) is 0.715. The molecule has 2 rings (SSSR count). The van der Waals surface area contributed by atoms with Gasteiger partial charge in [-0.1, -0.05) is 39.7 Å². The van der Waals surface area contributed by atoms with Crippen LogP contribution in [0.5, 0.6) is 0 Å². The second-order valence-corrected chi connectivity index (χ2v) is 4.53. The number of carbonyl (C=O) groups excluding carboxylic acids is 1. The molecule has 0 saturated carbocycles. The molecule has 0 fully saturated rings. The maximum Gasteiger partial charge on any atom is 0.233 e. The average Bonchev–Trinajstić information content (AvgIpc) is 2.27. The second kappa shape index (κ2) is 4.35. The number of carbonyl (C=O) groups is 1. The Kier molecular flexibility index (Phi) is 3.10. The van der Waals surface area contributed by atoms with Crippen LogP contribution in [0.1, 0.15) is 16.7 Å². The molecular weight excluding hydrogens is 254 g/mol. The van der Waals surface area contributed by atoms with Crippen LogP contribution < -0.4 is 0 Å². The van der Waals surface area contributed by atoms with Gasteiger partial charge < -0.3 is 4.90 Å². The highest BCUT2D eigenvalue weighted by Crippen LogP contribution is 2.20. The van der Waals surface area contributed by atoms with Gasteiger partial charge in [0, 0.05) is 13.1 Å². The van der Waals surface area contributed by atoms with E-state index >= 15 is 0 Å². The minimum Gasteiger partial charge on any atom is -0.337 e. The predicted octanol–water partition coefficient (Wildman–Crippen LogP) is 2.27. The topological polar surface area (TPSA) is 20.3 Å². The maximum absolute atomic E-state index is 11.5. The summed E-state index contributed by atoms with van der Waals surface area (Å²) in [7, 11) is 0. The van der Waals surface area contributed by atoms with Gasteiger partial charge in [0.1, 0.15) is 0 Å². The van der Waals surface area contributed by atoms with Crippen molar-refractivity contribution in [3.8, 4) is 0 Å². The third-order valence-corrected chi connectivity index (χ3v) is 3.32. The van der Waals surface area contributed by atoms with Crippen molar-refractivity contribution < 1.29 is 4.79 Å². The summed E-state index contributed by atoms with van der Waals surface area (Å²) in [5, 5.41) is 0.425. The van der Waals surface area contributed by atoms with Gasteiger partial charge in [-0.25, -0.2) is 0 Å². The van der Waals surface area contributed by atoms with Crippen molar-refractivity contribution in [2.75, 3.05) is 11.9 Å². The molecule has 1 amide bonds. The van der Waals surface area contributed by atoms with Gasteiger partial charge in [-0.15, -0.1) is 0 Å². The van der Waals surface area contributed by atoms with Crippen molar-refractivity contribution in [3.63, 3.8) is 0 Å². The fraction of sp³-hybridized carbons (Fsp3) is 0.417. The van der Waals surface area contributed by atoms with E-state index in [4.69, 9.17) is 0 Å². The smallest absolute Gasteiger partial charge is 0.233 e. The van der Waals surface area contributed by atoms with Crippen molar-refractivity contribution in [1.29, 1.82) is 0 Å². The van der Waals surface area contributed by atoms with Gasteiger partial charge in [0.2, 0.25) is 5.91 Å². The molecule has 1 heterocycles. The second-order valence-electron chi connectivity index (χ2n) is 3.97. The lowest BCUT2D eigenvalue weighted by atomic mass is 9.98. The van der Waals surface area contributed by atoms with Gasteiger partial charge >= 0.3 is 0 Å². The molecule has 0 N–H and O–H groups in total. The van der Waals surface area contributed by atoms with Crippen molar-refractivity contribution in [2.45, 2.75) is 19.9 Å². The molecule has 0 bridgehead atoms. The van der Waals surface area contributed by atoms with E-state index in [9.17, 15) is 4.79 Å². The fourth-order valence-electron chi connectivity index (χ4n) is 1.98. The van der Waals surface area contributed by atoms with E-state index in [1.165, 1.54) is 16.7 Å². The van der Waals surface area contributed by atoms with E-state index < -0.39 is 0 Å². The summed E-state index contributed by atoms with van der Waals surface area (Å²) in [5.74, 6) is 0.183. The Morgan fingerprint density at radius 2 is 2.27 bits per heavy atom. The number of hydrogen-bond donors (Lipinski definition) is 0. The average molecular weight is 268 g/mol. The summed E-state index contributed by atoms with van der Waals surface area (Å²) < 4.78 is 0. The van der Waals surface area contributed by atoms with Crippen LogP contribution in [-0.2, 0) is 17.8 Å². The molecular formula is C12H14BrNO. The summed E-state index contributed by atoms with van der Waals surface area (Å²) in [6.45, 7) is 3.70. The number of nitrogens with zero attached hydrogens (tertiary/aromatic N) is 1. The van der Waals surface area contributed by atoms with Gasteiger partial charge in [0.15, 0.2) is 0 Å². The third kappa shape index (κ3) is 2.23. The van der Waals surface area contributed by atoms with Crippen molar-refractivity contribution in [3.05, 3.63) is 34.9 Å². The van der Waals surface area contributed by atoms with Crippen molar-refractivity contribution in [1.82, 2.24) is 4.90 Å². The normalized spacial score (nSPS) is 14.9. The molecule has 0 atom stereocenters. The molecule has 0 radical (unpaired) electrons. The first-order valence-corrected chi connectivity index (χ1v) is 6.25. The summed E-state index contributed by atoms with van der Waals surface area (Å²) in [6.07, 6.45) is 0.981. The van der Waals surface area contributed by atoms with Gasteiger partial charge in [-0.2, -0.15) is 0 Å². The summed E-state index contributed by atoms with van der Waals surface area (Å²) in [4.78, 5) is 13.5. The Hall–Kier alpha value is -0.830. The number of amides is 1. The Balaban J connectivity index is 2.22. The van der Waals surface area contributed by atoms with Gasteiger partial charge in [0.25, 0.3) is 0 Å². The summed E-state index contributed by atoms with van der Waals surface area (Å²) in [6, 6.07) is 6.50. The van der Waals surface area contributed by atoms with Crippen molar-refractivity contribution >= 4 is 21.8 Å². The molecule has 2 nitrogen and oxygen atoms in total. The zero-order chi connectivity index (χ0) is 10.8. The molecule has 0 aromatic heterocycles. The van der Waals surface area contributed by atoms with Gasteiger partial charge in [-0.05, 0) is 24.5 Å². The highest BCUT2D eigenvalue weighted by molar-refractivity contribution is 9.09. The lowest BCUT2D eigenvalue weighted by molar-refractivity contribution is -0.129. The predicted molar refractivity (Wildman–Crippen MR) is 64.1 cm³/mol. The summed E-state index contributed by atoms with van der Waals surface area (Å²) in [5.41, 5.74) is 3.96. The molecule has 0 aliphatic carbocycles. The molecule has 1 aromatic rings. The van der Waals surface area contributed by atoms with Crippen LogP contribution in [0.3, 0.4) is 0 Å². The van der Waals surface area contributed by atoms with E-state index in [-0.39, 0.29) is 5.91 Å². The Morgan fingerprint density at radius 3 is 3.00 bits per heavy atom. The number of rotatable bonds is 1. The van der Waals surface area contributed by atoms with Crippen molar-refractivity contribution in [2.24, 2.45) is 0 Å². The van der Waals surface area contributed by atoms with Crippen LogP contribution in [0.15, 0.2) is 18.2 Å². The standard InChI is InChI=1S/C12H14BrNO/c1-9-2-3-10-4-5-14(12(15)7-13)8-11(10)6-9/h2-3,6H,4-5,7-8H2,1H3. The lowest BCUT2D eigenvalue weighted by Gasteiger charge is -2.28. The molecule has 1 aliphatic rings. The Bertz CT molecular complexity index is 389. The fourth-order valence-corrected chi connectivity index (χ4v) is 2.34. The van der Waals surface area contributed by atoms with E-state index in [0.29, 0.717) is 5.33 Å². The van der Waals surface area contributed by atoms with Crippen LogP contribution >= 0.6 is 15.9 Å². The Morgan fingerprint density at radius 1 is 1.47 bits per heavy atom. The minimum atomic E-state index is 0.183. The van der Waals surface area contributed by atoms with Crippen LogP contribution in [0, 0.1) is 6.92 Å². The maximum atomic E-state index is 11.5. The summed E-state index contributed by atoms with van der Waals surface area (Å²) >= 11 is 3.21. The zero-order valence-electron chi connectivity index (χ0n) is 8.79. The minimum absolute atomic E-state index is 0.183. The van der Waals surface area contributed by atoms with E-state index in [0.717, 1.165) is 19.5 Å². The number of halogens is 1. The Labute approximate surface area is 98.4 Å². The molecule has 15 heavy (non-hydrogen) atoms. The monoisotopic (exact) mass is 267 g/mol. The number of alkyl halides is 1. The van der Waals surface area contributed by atoms with Gasteiger partial charge in [0.05, 0.1) is 5.33 Å². The number of fused-ring (bicyclic) bond motifs is 1. The van der Waals surface area contributed by atoms with Crippen LogP contribution in [0.4, 0.5) is 0 Å². The van der Waals surface area contributed by atoms with E-state index in [1.54, 1.807) is 0 Å². The SMILES string of the molecule is Cc1ccc2c(c1)CN(C(=O)CBr)CC2.